The van der Waals surface area contributed by atoms with Crippen LogP contribution in [0.1, 0.15) is 37.4 Å². The van der Waals surface area contributed by atoms with Crippen LogP contribution < -0.4 is 5.69 Å². The minimum atomic E-state index is -0.422. The molecule has 2 atom stereocenters. The number of nitrogens with zero attached hydrogens (tertiary/aromatic N) is 3. The molecule has 1 spiro atoms. The number of benzene rings is 1. The lowest BCUT2D eigenvalue weighted by Crippen LogP contribution is -2.52. The number of hydrogen-bond acceptors (Lipinski definition) is 5. The molecule has 1 aromatic heterocycles. The molecule has 28 heavy (non-hydrogen) atoms. The minimum Gasteiger partial charge on any atom is -0.393 e. The second kappa shape index (κ2) is 7.85. The number of likely N-dealkylation sites (tertiary alicyclic amines) is 1. The normalized spacial score (nSPS) is 24.2. The maximum atomic E-state index is 12.6. The van der Waals surface area contributed by atoms with Crippen molar-refractivity contribution in [2.45, 2.75) is 50.0 Å². The molecular weight excluding hydrogens is 358 g/mol. The van der Waals surface area contributed by atoms with Crippen LogP contribution >= 0.6 is 0 Å². The van der Waals surface area contributed by atoms with E-state index in [0.29, 0.717) is 38.8 Å². The van der Waals surface area contributed by atoms with Gasteiger partial charge in [0.05, 0.1) is 17.8 Å². The number of carbonyl (C=O) groups excluding carboxylic acids is 1. The smallest absolute Gasteiger partial charge is 0.347 e. The Balaban J connectivity index is 1.40. The van der Waals surface area contributed by atoms with E-state index in [9.17, 15) is 14.7 Å². The number of aliphatic hydroxyl groups excluding tert-OH is 1. The van der Waals surface area contributed by atoms with E-state index in [1.165, 1.54) is 10.8 Å². The van der Waals surface area contributed by atoms with Crippen LogP contribution in [0.25, 0.3) is 0 Å². The van der Waals surface area contributed by atoms with Crippen molar-refractivity contribution in [1.82, 2.24) is 14.5 Å². The summed E-state index contributed by atoms with van der Waals surface area (Å²) in [5, 5.41) is 10.5. The molecule has 148 valence electrons. The summed E-state index contributed by atoms with van der Waals surface area (Å²) < 4.78 is 7.79. The summed E-state index contributed by atoms with van der Waals surface area (Å²) in [7, 11) is 0. The van der Waals surface area contributed by atoms with E-state index in [1.807, 2.05) is 30.3 Å². The van der Waals surface area contributed by atoms with E-state index in [4.69, 9.17) is 4.74 Å². The van der Waals surface area contributed by atoms with Gasteiger partial charge in [-0.15, -0.1) is 0 Å². The van der Waals surface area contributed by atoms with Gasteiger partial charge in [-0.1, -0.05) is 30.3 Å². The molecule has 2 aliphatic heterocycles. The maximum Gasteiger partial charge on any atom is 0.347 e. The fraction of sp³-hybridized carbons (Fsp3) is 0.476. The largest absolute Gasteiger partial charge is 0.393 e. The zero-order valence-electron chi connectivity index (χ0n) is 15.7. The number of piperidine rings is 1. The van der Waals surface area contributed by atoms with E-state index in [2.05, 4.69) is 4.98 Å². The molecule has 1 N–H and O–H groups in total. The third-order valence-corrected chi connectivity index (χ3v) is 5.77. The Morgan fingerprint density at radius 2 is 1.96 bits per heavy atom. The van der Waals surface area contributed by atoms with Gasteiger partial charge in [0.2, 0.25) is 5.91 Å². The lowest BCUT2D eigenvalue weighted by atomic mass is 9.81. The molecule has 2 aliphatic rings. The summed E-state index contributed by atoms with van der Waals surface area (Å²) in [6.07, 6.45) is 5.02. The molecule has 2 aromatic rings. The Labute approximate surface area is 163 Å². The Morgan fingerprint density at radius 3 is 2.68 bits per heavy atom. The highest BCUT2D eigenvalue weighted by Crippen LogP contribution is 2.42. The van der Waals surface area contributed by atoms with Crippen molar-refractivity contribution in [3.8, 4) is 0 Å². The van der Waals surface area contributed by atoms with Crippen LogP contribution in [-0.2, 0) is 16.1 Å². The first-order valence-corrected chi connectivity index (χ1v) is 9.75. The second-order valence-electron chi connectivity index (χ2n) is 7.70. The highest BCUT2D eigenvalue weighted by molar-refractivity contribution is 5.76. The van der Waals surface area contributed by atoms with E-state index in [1.54, 1.807) is 17.2 Å². The summed E-state index contributed by atoms with van der Waals surface area (Å²) in [6.45, 7) is 1.11. The second-order valence-corrected chi connectivity index (χ2v) is 7.70. The van der Waals surface area contributed by atoms with Gasteiger partial charge in [0, 0.05) is 38.3 Å². The van der Waals surface area contributed by atoms with Crippen LogP contribution in [0.2, 0.25) is 0 Å². The van der Waals surface area contributed by atoms with Gasteiger partial charge in [0.1, 0.15) is 6.54 Å². The Kier molecular flexibility index (Phi) is 5.28. The van der Waals surface area contributed by atoms with Crippen molar-refractivity contribution in [1.29, 1.82) is 0 Å². The van der Waals surface area contributed by atoms with E-state index >= 15 is 0 Å². The SMILES string of the molecule is O=C(Cn1cccnc1=O)N1CCC2(CC1)C[C@@H](O)C[C@H](c1ccccc1)O2. The first-order valence-electron chi connectivity index (χ1n) is 9.75. The van der Waals surface area contributed by atoms with Crippen LogP contribution in [0.3, 0.4) is 0 Å². The Hall–Kier alpha value is -2.51. The molecule has 2 fully saturated rings. The highest BCUT2D eigenvalue weighted by Gasteiger charge is 2.44. The summed E-state index contributed by atoms with van der Waals surface area (Å²) in [6, 6.07) is 11.6. The summed E-state index contributed by atoms with van der Waals surface area (Å²) in [4.78, 5) is 29.8. The summed E-state index contributed by atoms with van der Waals surface area (Å²) in [5.41, 5.74) is 0.254. The van der Waals surface area contributed by atoms with Gasteiger partial charge in [-0.25, -0.2) is 9.78 Å². The zero-order chi connectivity index (χ0) is 19.6. The van der Waals surface area contributed by atoms with E-state index in [0.717, 1.165) is 5.56 Å². The van der Waals surface area contributed by atoms with Crippen LogP contribution in [0.5, 0.6) is 0 Å². The van der Waals surface area contributed by atoms with Crippen molar-refractivity contribution < 1.29 is 14.6 Å². The van der Waals surface area contributed by atoms with Gasteiger partial charge in [0.15, 0.2) is 0 Å². The van der Waals surface area contributed by atoms with Crippen LogP contribution in [-0.4, -0.2) is 50.3 Å². The minimum absolute atomic E-state index is 0.00417. The molecular formula is C21H25N3O4. The van der Waals surface area contributed by atoms with E-state index < -0.39 is 17.4 Å². The lowest BCUT2D eigenvalue weighted by molar-refractivity contribution is -0.186. The molecule has 3 heterocycles. The third-order valence-electron chi connectivity index (χ3n) is 5.77. The quantitative estimate of drug-likeness (QED) is 0.869. The first kappa shape index (κ1) is 18.8. The third kappa shape index (κ3) is 4.00. The summed E-state index contributed by atoms with van der Waals surface area (Å²) >= 11 is 0. The van der Waals surface area contributed by atoms with Crippen LogP contribution in [0.15, 0.2) is 53.6 Å². The number of aromatic nitrogens is 2. The van der Waals surface area contributed by atoms with Crippen molar-refractivity contribution in [3.63, 3.8) is 0 Å². The predicted octanol–water partition coefficient (Wildman–Crippen LogP) is 1.52. The molecule has 0 saturated carbocycles. The Morgan fingerprint density at radius 1 is 1.21 bits per heavy atom. The van der Waals surface area contributed by atoms with Gasteiger partial charge in [-0.2, -0.15) is 0 Å². The fourth-order valence-corrected chi connectivity index (χ4v) is 4.27. The standard InChI is InChI=1S/C21H25N3O4/c25-17-13-18(16-5-2-1-3-6-16)28-21(14-17)7-11-23(12-8-21)19(26)15-24-10-4-9-22-20(24)27/h1-6,9-10,17-18,25H,7-8,11-15H2/t17-,18+/m0/s1. The maximum absolute atomic E-state index is 12.6. The van der Waals surface area contributed by atoms with Gasteiger partial charge in [-0.05, 0) is 24.5 Å². The molecule has 7 nitrogen and oxygen atoms in total. The average Bonchev–Trinajstić information content (AvgIpc) is 2.70. The number of amides is 1. The van der Waals surface area contributed by atoms with Gasteiger partial charge < -0.3 is 14.7 Å². The molecule has 7 heteroatoms. The monoisotopic (exact) mass is 383 g/mol. The topological polar surface area (TPSA) is 84.7 Å². The molecule has 0 radical (unpaired) electrons. The number of rotatable bonds is 3. The van der Waals surface area contributed by atoms with E-state index in [-0.39, 0.29) is 18.6 Å². The molecule has 1 amide bonds. The average molecular weight is 383 g/mol. The molecule has 0 bridgehead atoms. The number of ether oxygens (including phenoxy) is 1. The molecule has 2 saturated heterocycles. The zero-order valence-corrected chi connectivity index (χ0v) is 15.7. The van der Waals surface area contributed by atoms with Crippen molar-refractivity contribution in [2.75, 3.05) is 13.1 Å². The van der Waals surface area contributed by atoms with Crippen LogP contribution in [0.4, 0.5) is 0 Å². The molecule has 0 unspecified atom stereocenters. The van der Waals surface area contributed by atoms with Crippen molar-refractivity contribution in [2.24, 2.45) is 0 Å². The molecule has 0 aliphatic carbocycles. The van der Waals surface area contributed by atoms with Crippen molar-refractivity contribution in [3.05, 3.63) is 64.8 Å². The Bertz CT molecular complexity index is 874. The van der Waals surface area contributed by atoms with Crippen molar-refractivity contribution >= 4 is 5.91 Å². The first-order chi connectivity index (χ1) is 13.5. The number of aliphatic hydroxyl groups is 1. The fourth-order valence-electron chi connectivity index (χ4n) is 4.27. The molecule has 1 aromatic carbocycles. The number of carbonyl (C=O) groups is 1. The highest BCUT2D eigenvalue weighted by atomic mass is 16.5. The number of hydrogen-bond donors (Lipinski definition) is 1. The lowest BCUT2D eigenvalue weighted by Gasteiger charge is -2.48. The molecule has 4 rings (SSSR count). The van der Waals surface area contributed by atoms with Crippen LogP contribution in [0, 0.1) is 0 Å². The van der Waals surface area contributed by atoms with Gasteiger partial charge in [-0.3, -0.25) is 9.36 Å². The van der Waals surface area contributed by atoms with Gasteiger partial charge in [0.25, 0.3) is 0 Å². The predicted molar refractivity (Wildman–Crippen MR) is 103 cm³/mol. The van der Waals surface area contributed by atoms with Gasteiger partial charge >= 0.3 is 5.69 Å². The summed E-state index contributed by atoms with van der Waals surface area (Å²) in [5.74, 6) is -0.0964.